The van der Waals surface area contributed by atoms with Gasteiger partial charge in [-0.15, -0.1) is 0 Å². The molecule has 29 heavy (non-hydrogen) atoms. The number of benzene rings is 1. The first-order chi connectivity index (χ1) is 14.0. The zero-order valence-electron chi connectivity index (χ0n) is 16.9. The Balaban J connectivity index is 1.43. The number of fused-ring (bicyclic) bond motifs is 1. The van der Waals surface area contributed by atoms with E-state index in [0.717, 1.165) is 25.7 Å². The third-order valence-corrected chi connectivity index (χ3v) is 6.40. The molecular weight excluding hydrogens is 370 g/mol. The van der Waals surface area contributed by atoms with Crippen molar-refractivity contribution in [3.63, 3.8) is 0 Å². The number of para-hydroxylation sites is 1. The highest BCUT2D eigenvalue weighted by Gasteiger charge is 2.43. The Morgan fingerprint density at radius 1 is 1.21 bits per heavy atom. The third-order valence-electron chi connectivity index (χ3n) is 6.40. The largest absolute Gasteiger partial charge is 0.467 e. The maximum Gasteiger partial charge on any atom is 0.258 e. The van der Waals surface area contributed by atoms with Crippen molar-refractivity contribution in [2.45, 2.75) is 76.1 Å². The Bertz CT molecular complexity index is 805. The van der Waals surface area contributed by atoms with Crippen LogP contribution in [0.5, 0.6) is 5.75 Å². The summed E-state index contributed by atoms with van der Waals surface area (Å²) in [7, 11) is 0. The highest BCUT2D eigenvalue weighted by molar-refractivity contribution is 5.98. The number of hydrogen-bond donors (Lipinski definition) is 2. The predicted octanol–water partition coefficient (Wildman–Crippen LogP) is 2.35. The van der Waals surface area contributed by atoms with Gasteiger partial charge in [0, 0.05) is 31.8 Å². The van der Waals surface area contributed by atoms with E-state index in [1.165, 1.54) is 6.42 Å². The smallest absolute Gasteiger partial charge is 0.258 e. The topological polar surface area (TPSA) is 87.7 Å². The minimum Gasteiger partial charge on any atom is -0.467 e. The van der Waals surface area contributed by atoms with Crippen molar-refractivity contribution < 1.29 is 19.1 Å². The summed E-state index contributed by atoms with van der Waals surface area (Å²) in [5.41, 5.74) is -0.402. The fraction of sp³-hybridized carbons (Fsp3) is 0.591. The maximum atomic E-state index is 12.8. The van der Waals surface area contributed by atoms with Crippen molar-refractivity contribution in [1.29, 1.82) is 0 Å². The van der Waals surface area contributed by atoms with Crippen LogP contribution in [0.25, 0.3) is 0 Å². The molecule has 0 unspecified atom stereocenters. The van der Waals surface area contributed by atoms with Crippen molar-refractivity contribution in [3.05, 3.63) is 29.8 Å². The van der Waals surface area contributed by atoms with Crippen LogP contribution in [-0.4, -0.2) is 47.0 Å². The normalized spacial score (nSPS) is 26.2. The summed E-state index contributed by atoms with van der Waals surface area (Å²) in [5.74, 6) is 0.182. The summed E-state index contributed by atoms with van der Waals surface area (Å²) in [6, 6.07) is 6.81. The summed E-state index contributed by atoms with van der Waals surface area (Å²) in [5, 5.41) is 6.08. The molecule has 1 aromatic carbocycles. The lowest BCUT2D eigenvalue weighted by Gasteiger charge is -2.38. The molecule has 2 fully saturated rings. The second-order valence-corrected chi connectivity index (χ2v) is 8.40. The Kier molecular flexibility index (Phi) is 5.48. The van der Waals surface area contributed by atoms with Crippen molar-refractivity contribution in [1.82, 2.24) is 15.5 Å². The Hall–Kier alpha value is -2.57. The zero-order chi connectivity index (χ0) is 20.4. The monoisotopic (exact) mass is 399 g/mol. The molecule has 0 radical (unpaired) electrons. The van der Waals surface area contributed by atoms with Gasteiger partial charge in [0.25, 0.3) is 5.91 Å². The molecule has 1 aromatic rings. The highest BCUT2D eigenvalue weighted by atomic mass is 16.5. The molecule has 1 aliphatic carbocycles. The fourth-order valence-electron chi connectivity index (χ4n) is 4.60. The molecule has 2 N–H and O–H groups in total. The van der Waals surface area contributed by atoms with Gasteiger partial charge in [0.1, 0.15) is 11.8 Å². The first-order valence-electron chi connectivity index (χ1n) is 10.7. The van der Waals surface area contributed by atoms with Gasteiger partial charge in [-0.25, -0.2) is 0 Å². The molecule has 2 atom stereocenters. The molecule has 0 aromatic heterocycles. The summed E-state index contributed by atoms with van der Waals surface area (Å²) < 4.78 is 6.16. The number of carbonyl (C=O) groups is 3. The summed E-state index contributed by atoms with van der Waals surface area (Å²) >= 11 is 0. The van der Waals surface area contributed by atoms with E-state index >= 15 is 0 Å². The van der Waals surface area contributed by atoms with Crippen LogP contribution in [0.1, 0.15) is 68.6 Å². The lowest BCUT2D eigenvalue weighted by Crippen LogP contribution is -2.56. The number of carbonyl (C=O) groups excluding carboxylic acids is 3. The quantitative estimate of drug-likeness (QED) is 0.817. The number of nitrogens with one attached hydrogen (secondary N) is 2. The van der Waals surface area contributed by atoms with E-state index in [9.17, 15) is 14.4 Å². The van der Waals surface area contributed by atoms with Crippen molar-refractivity contribution in [2.75, 3.05) is 6.54 Å². The predicted molar refractivity (Wildman–Crippen MR) is 107 cm³/mol. The van der Waals surface area contributed by atoms with Gasteiger partial charge in [-0.05, 0) is 31.9 Å². The van der Waals surface area contributed by atoms with E-state index in [1.807, 2.05) is 6.07 Å². The van der Waals surface area contributed by atoms with Gasteiger partial charge in [-0.2, -0.15) is 0 Å². The van der Waals surface area contributed by atoms with Gasteiger partial charge < -0.3 is 20.3 Å². The van der Waals surface area contributed by atoms with E-state index < -0.39 is 11.8 Å². The van der Waals surface area contributed by atoms with Gasteiger partial charge in [0.15, 0.2) is 5.72 Å². The second kappa shape index (κ2) is 8.05. The minimum absolute atomic E-state index is 0.0788. The molecule has 7 nitrogen and oxygen atoms in total. The molecule has 3 aliphatic rings. The summed E-state index contributed by atoms with van der Waals surface area (Å²) in [4.78, 5) is 39.7. The molecule has 7 heteroatoms. The van der Waals surface area contributed by atoms with E-state index in [4.69, 9.17) is 4.74 Å². The molecule has 1 spiro atoms. The second-order valence-electron chi connectivity index (χ2n) is 8.40. The minimum atomic E-state index is -0.907. The number of hydrogen-bond acceptors (Lipinski definition) is 4. The van der Waals surface area contributed by atoms with Crippen LogP contribution in [0.3, 0.4) is 0 Å². The van der Waals surface area contributed by atoms with Crippen LogP contribution in [0.4, 0.5) is 0 Å². The van der Waals surface area contributed by atoms with Crippen LogP contribution in [0.15, 0.2) is 24.3 Å². The van der Waals surface area contributed by atoms with Crippen molar-refractivity contribution in [3.8, 4) is 5.75 Å². The van der Waals surface area contributed by atoms with Crippen LogP contribution in [0, 0.1) is 0 Å². The molecule has 2 heterocycles. The molecule has 156 valence electrons. The third kappa shape index (κ3) is 4.09. The van der Waals surface area contributed by atoms with Gasteiger partial charge in [-0.3, -0.25) is 14.4 Å². The number of rotatable bonds is 3. The Morgan fingerprint density at radius 3 is 2.76 bits per heavy atom. The molecule has 3 amide bonds. The van der Waals surface area contributed by atoms with Gasteiger partial charge >= 0.3 is 0 Å². The SMILES string of the molecule is C[C@@H](C(=O)NC1CCCCC1)N1CC[C@@]2(CCC1=O)NC(=O)c1ccccc1O2. The first-order valence-corrected chi connectivity index (χ1v) is 10.7. The lowest BCUT2D eigenvalue weighted by atomic mass is 9.95. The average molecular weight is 399 g/mol. The van der Waals surface area contributed by atoms with Gasteiger partial charge in [0.05, 0.1) is 5.56 Å². The zero-order valence-corrected chi connectivity index (χ0v) is 16.9. The molecule has 2 aliphatic heterocycles. The Labute approximate surface area is 171 Å². The standard InChI is InChI=1S/C22H29N3O4/c1-15(20(27)23-16-7-3-2-4-8-16)25-14-13-22(12-11-19(25)26)24-21(28)17-9-5-6-10-18(17)29-22/h5-6,9-10,15-16H,2-4,7-8,11-14H2,1H3,(H,23,27)(H,24,28)/t15-,22-/m0/s1. The van der Waals surface area contributed by atoms with Crippen LogP contribution in [-0.2, 0) is 9.59 Å². The van der Waals surface area contributed by atoms with Crippen LogP contribution < -0.4 is 15.4 Å². The molecule has 0 bridgehead atoms. The van der Waals surface area contributed by atoms with E-state index in [1.54, 1.807) is 30.0 Å². The Morgan fingerprint density at radius 2 is 1.97 bits per heavy atom. The molecule has 4 rings (SSSR count). The van der Waals surface area contributed by atoms with Gasteiger partial charge in [-0.1, -0.05) is 31.4 Å². The highest BCUT2D eigenvalue weighted by Crippen LogP contribution is 2.34. The van der Waals surface area contributed by atoms with Gasteiger partial charge in [0.2, 0.25) is 11.8 Å². The number of ether oxygens (including phenoxy) is 1. The fourth-order valence-corrected chi connectivity index (χ4v) is 4.60. The van der Waals surface area contributed by atoms with E-state index in [2.05, 4.69) is 10.6 Å². The lowest BCUT2D eigenvalue weighted by molar-refractivity contribution is -0.139. The summed E-state index contributed by atoms with van der Waals surface area (Å²) in [6.45, 7) is 2.14. The summed E-state index contributed by atoms with van der Waals surface area (Å²) in [6.07, 6.45) is 6.59. The van der Waals surface area contributed by atoms with E-state index in [0.29, 0.717) is 30.7 Å². The maximum absolute atomic E-state index is 12.8. The molecular formula is C22H29N3O4. The van der Waals surface area contributed by atoms with Crippen molar-refractivity contribution >= 4 is 17.7 Å². The number of nitrogens with zero attached hydrogens (tertiary/aromatic N) is 1. The number of likely N-dealkylation sites (tertiary alicyclic amines) is 1. The van der Waals surface area contributed by atoms with Crippen LogP contribution >= 0.6 is 0 Å². The number of amides is 3. The average Bonchev–Trinajstić information content (AvgIpc) is 2.87. The van der Waals surface area contributed by atoms with Crippen LogP contribution in [0.2, 0.25) is 0 Å². The molecule has 1 saturated carbocycles. The van der Waals surface area contributed by atoms with E-state index in [-0.39, 0.29) is 30.2 Å². The van der Waals surface area contributed by atoms with Crippen molar-refractivity contribution in [2.24, 2.45) is 0 Å². The first kappa shape index (κ1) is 19.7. The molecule has 1 saturated heterocycles.